The first kappa shape index (κ1) is 17.8. The predicted octanol–water partition coefficient (Wildman–Crippen LogP) is 3.09. The Kier molecular flexibility index (Phi) is 5.60. The van der Waals surface area contributed by atoms with Crippen LogP contribution >= 0.6 is 11.3 Å². The topological polar surface area (TPSA) is 79.4 Å². The number of nitrogens with zero attached hydrogens (tertiary/aromatic N) is 1. The first-order valence-corrected chi connectivity index (χ1v) is 9.16. The molecule has 0 radical (unpaired) electrons. The SMILES string of the molecule is NC(CO)(CO)CCc1ccc(-c2ccc(-c3cscn3)cc2)cc1. The molecule has 0 fully saturated rings. The van der Waals surface area contributed by atoms with Gasteiger partial charge in [-0.05, 0) is 29.5 Å². The zero-order chi connectivity index (χ0) is 17.7. The molecule has 0 aliphatic carbocycles. The molecule has 0 amide bonds. The predicted molar refractivity (Wildman–Crippen MR) is 102 cm³/mol. The summed E-state index contributed by atoms with van der Waals surface area (Å²) in [5.41, 5.74) is 12.4. The summed E-state index contributed by atoms with van der Waals surface area (Å²) in [6.45, 7) is -0.431. The van der Waals surface area contributed by atoms with E-state index in [1.165, 1.54) is 0 Å². The molecule has 0 atom stereocenters. The van der Waals surface area contributed by atoms with E-state index in [4.69, 9.17) is 5.73 Å². The molecular formula is C20H22N2O2S. The molecule has 25 heavy (non-hydrogen) atoms. The van der Waals surface area contributed by atoms with Gasteiger partial charge in [0.2, 0.25) is 0 Å². The zero-order valence-corrected chi connectivity index (χ0v) is 14.7. The summed E-state index contributed by atoms with van der Waals surface area (Å²) >= 11 is 1.59. The molecule has 3 rings (SSSR count). The number of rotatable bonds is 7. The minimum Gasteiger partial charge on any atom is -0.394 e. The van der Waals surface area contributed by atoms with Crippen molar-refractivity contribution in [2.24, 2.45) is 5.73 Å². The van der Waals surface area contributed by atoms with Crippen LogP contribution < -0.4 is 5.73 Å². The van der Waals surface area contributed by atoms with Crippen molar-refractivity contribution in [3.05, 3.63) is 65.0 Å². The lowest BCUT2D eigenvalue weighted by molar-refractivity contribution is 0.115. The van der Waals surface area contributed by atoms with Gasteiger partial charge < -0.3 is 15.9 Å². The van der Waals surface area contributed by atoms with Gasteiger partial charge in [0, 0.05) is 10.9 Å². The highest BCUT2D eigenvalue weighted by molar-refractivity contribution is 7.07. The van der Waals surface area contributed by atoms with Crippen LogP contribution in [0.15, 0.2) is 59.4 Å². The number of hydrogen-bond donors (Lipinski definition) is 3. The van der Waals surface area contributed by atoms with Gasteiger partial charge in [-0.25, -0.2) is 4.98 Å². The van der Waals surface area contributed by atoms with E-state index in [-0.39, 0.29) is 13.2 Å². The molecule has 3 aromatic rings. The average Bonchev–Trinajstić information content (AvgIpc) is 3.21. The van der Waals surface area contributed by atoms with E-state index in [9.17, 15) is 10.2 Å². The Bertz CT molecular complexity index is 780. The molecule has 2 aromatic carbocycles. The third-order valence-corrected chi connectivity index (χ3v) is 5.03. The normalized spacial score (nSPS) is 11.6. The van der Waals surface area contributed by atoms with Crippen molar-refractivity contribution < 1.29 is 10.2 Å². The molecule has 4 N–H and O–H groups in total. The summed E-state index contributed by atoms with van der Waals surface area (Å²) in [5, 5.41) is 20.6. The Morgan fingerprint density at radius 2 is 1.44 bits per heavy atom. The van der Waals surface area contributed by atoms with Gasteiger partial charge in [-0.3, -0.25) is 0 Å². The van der Waals surface area contributed by atoms with Crippen molar-refractivity contribution in [1.82, 2.24) is 4.98 Å². The molecule has 0 spiro atoms. The fourth-order valence-electron chi connectivity index (χ4n) is 2.65. The number of aryl methyl sites for hydroxylation is 1. The molecule has 0 aliphatic rings. The Morgan fingerprint density at radius 3 is 1.96 bits per heavy atom. The van der Waals surface area contributed by atoms with Crippen molar-refractivity contribution in [2.75, 3.05) is 13.2 Å². The van der Waals surface area contributed by atoms with E-state index in [0.717, 1.165) is 34.4 Å². The van der Waals surface area contributed by atoms with Crippen LogP contribution in [-0.2, 0) is 6.42 Å². The maximum atomic E-state index is 9.26. The van der Waals surface area contributed by atoms with Crippen LogP contribution in [0.4, 0.5) is 0 Å². The maximum absolute atomic E-state index is 9.26. The highest BCUT2D eigenvalue weighted by Gasteiger charge is 2.22. The van der Waals surface area contributed by atoms with E-state index in [1.54, 1.807) is 11.3 Å². The molecular weight excluding hydrogens is 332 g/mol. The van der Waals surface area contributed by atoms with Gasteiger partial charge in [0.05, 0.1) is 30.0 Å². The van der Waals surface area contributed by atoms with Crippen LogP contribution in [0.25, 0.3) is 22.4 Å². The lowest BCUT2D eigenvalue weighted by Gasteiger charge is -2.24. The smallest absolute Gasteiger partial charge is 0.0811 e. The van der Waals surface area contributed by atoms with Crippen LogP contribution in [0, 0.1) is 0 Å². The summed E-state index contributed by atoms with van der Waals surface area (Å²) in [4.78, 5) is 4.33. The Balaban J connectivity index is 1.68. The van der Waals surface area contributed by atoms with Gasteiger partial charge in [-0.15, -0.1) is 11.3 Å². The zero-order valence-electron chi connectivity index (χ0n) is 13.9. The summed E-state index contributed by atoms with van der Waals surface area (Å²) in [7, 11) is 0. The van der Waals surface area contributed by atoms with Crippen molar-refractivity contribution in [1.29, 1.82) is 0 Å². The van der Waals surface area contributed by atoms with Gasteiger partial charge in [-0.2, -0.15) is 0 Å². The highest BCUT2D eigenvalue weighted by Crippen LogP contribution is 2.25. The molecule has 0 saturated carbocycles. The molecule has 1 heterocycles. The molecule has 0 saturated heterocycles. The van der Waals surface area contributed by atoms with Gasteiger partial charge in [-0.1, -0.05) is 48.5 Å². The second-order valence-corrected chi connectivity index (χ2v) is 7.05. The minimum atomic E-state index is -0.913. The molecule has 130 valence electrons. The number of aliphatic hydroxyl groups is 2. The van der Waals surface area contributed by atoms with Gasteiger partial charge >= 0.3 is 0 Å². The third kappa shape index (κ3) is 4.32. The van der Waals surface area contributed by atoms with Crippen LogP contribution in [0.1, 0.15) is 12.0 Å². The van der Waals surface area contributed by atoms with E-state index < -0.39 is 5.54 Å². The maximum Gasteiger partial charge on any atom is 0.0811 e. The molecule has 4 nitrogen and oxygen atoms in total. The molecule has 0 bridgehead atoms. The third-order valence-electron chi connectivity index (χ3n) is 4.44. The molecule has 1 aromatic heterocycles. The Hall–Kier alpha value is -2.05. The fourth-order valence-corrected chi connectivity index (χ4v) is 3.21. The highest BCUT2D eigenvalue weighted by atomic mass is 32.1. The number of nitrogens with two attached hydrogens (primary N) is 1. The van der Waals surface area contributed by atoms with E-state index in [0.29, 0.717) is 6.42 Å². The first-order chi connectivity index (χ1) is 12.1. The average molecular weight is 354 g/mol. The van der Waals surface area contributed by atoms with Crippen molar-refractivity contribution >= 4 is 11.3 Å². The Labute approximate surface area is 151 Å². The van der Waals surface area contributed by atoms with Gasteiger partial charge in [0.15, 0.2) is 0 Å². The standard InChI is InChI=1S/C20H22N2O2S/c21-20(12-23,13-24)10-9-15-1-3-16(4-2-15)17-5-7-18(8-6-17)19-11-25-14-22-19/h1-8,11,14,23-24H,9-10,12-13,21H2. The molecule has 5 heteroatoms. The minimum absolute atomic E-state index is 0.215. The van der Waals surface area contributed by atoms with Crippen LogP contribution in [-0.4, -0.2) is 33.9 Å². The molecule has 0 unspecified atom stereocenters. The number of benzene rings is 2. The monoisotopic (exact) mass is 354 g/mol. The number of thiazole rings is 1. The van der Waals surface area contributed by atoms with Crippen molar-refractivity contribution in [2.45, 2.75) is 18.4 Å². The van der Waals surface area contributed by atoms with E-state index >= 15 is 0 Å². The lowest BCUT2D eigenvalue weighted by Crippen LogP contribution is -2.47. The summed E-state index contributed by atoms with van der Waals surface area (Å²) in [6.07, 6.45) is 1.27. The second-order valence-electron chi connectivity index (χ2n) is 6.33. The van der Waals surface area contributed by atoms with Crippen LogP contribution in [0.5, 0.6) is 0 Å². The van der Waals surface area contributed by atoms with Gasteiger partial charge in [0.25, 0.3) is 0 Å². The fraction of sp³-hybridized carbons (Fsp3) is 0.250. The lowest BCUT2D eigenvalue weighted by atomic mass is 9.93. The van der Waals surface area contributed by atoms with Crippen molar-refractivity contribution in [3.63, 3.8) is 0 Å². The quantitative estimate of drug-likeness (QED) is 0.609. The number of hydrogen-bond acceptors (Lipinski definition) is 5. The van der Waals surface area contributed by atoms with E-state index in [1.807, 2.05) is 10.9 Å². The number of aliphatic hydroxyl groups excluding tert-OH is 2. The number of aromatic nitrogens is 1. The first-order valence-electron chi connectivity index (χ1n) is 8.22. The van der Waals surface area contributed by atoms with Crippen LogP contribution in [0.3, 0.4) is 0 Å². The van der Waals surface area contributed by atoms with Gasteiger partial charge in [0.1, 0.15) is 0 Å². The van der Waals surface area contributed by atoms with Crippen molar-refractivity contribution in [3.8, 4) is 22.4 Å². The summed E-state index contributed by atoms with van der Waals surface area (Å²) in [5.74, 6) is 0. The Morgan fingerprint density at radius 1 is 0.880 bits per heavy atom. The van der Waals surface area contributed by atoms with E-state index in [2.05, 4.69) is 53.5 Å². The van der Waals surface area contributed by atoms with Crippen LogP contribution in [0.2, 0.25) is 0 Å². The second kappa shape index (κ2) is 7.89. The summed E-state index contributed by atoms with van der Waals surface area (Å²) < 4.78 is 0. The summed E-state index contributed by atoms with van der Waals surface area (Å²) in [6, 6.07) is 16.7. The molecule has 0 aliphatic heterocycles. The largest absolute Gasteiger partial charge is 0.394 e.